The monoisotopic (exact) mass is 214 g/mol. The van der Waals surface area contributed by atoms with E-state index in [0.29, 0.717) is 19.6 Å². The summed E-state index contributed by atoms with van der Waals surface area (Å²) in [4.78, 5) is 0. The van der Waals surface area contributed by atoms with Crippen LogP contribution < -0.4 is 0 Å². The third-order valence-corrected chi connectivity index (χ3v) is 3.39. The lowest BCUT2D eigenvalue weighted by atomic mass is 9.81. The molecule has 0 saturated carbocycles. The summed E-state index contributed by atoms with van der Waals surface area (Å²) >= 11 is 0. The van der Waals surface area contributed by atoms with Crippen LogP contribution in [0, 0.1) is 5.92 Å². The number of hydrogen-bond donors (Lipinski definition) is 2. The summed E-state index contributed by atoms with van der Waals surface area (Å²) in [6.07, 6.45) is 2.95. The highest BCUT2D eigenvalue weighted by atomic mass is 16.7. The summed E-state index contributed by atoms with van der Waals surface area (Å²) in [5.41, 5.74) is -1.09. The highest BCUT2D eigenvalue weighted by Gasteiger charge is 2.43. The van der Waals surface area contributed by atoms with Gasteiger partial charge in [-0.3, -0.25) is 0 Å². The van der Waals surface area contributed by atoms with Crippen molar-refractivity contribution in [3.8, 4) is 0 Å². The third-order valence-electron chi connectivity index (χ3n) is 3.39. The Kier molecular flexibility index (Phi) is 2.53. The minimum Gasteiger partial charge on any atom is -0.510 e. The number of hydrogen-bond acceptors (Lipinski definition) is 4. The van der Waals surface area contributed by atoms with Crippen LogP contribution in [0.1, 0.15) is 26.7 Å². The van der Waals surface area contributed by atoms with Gasteiger partial charge in [0.15, 0.2) is 5.79 Å². The van der Waals surface area contributed by atoms with E-state index < -0.39 is 11.4 Å². The zero-order valence-corrected chi connectivity index (χ0v) is 9.19. The molecule has 2 rings (SSSR count). The van der Waals surface area contributed by atoms with E-state index in [9.17, 15) is 10.2 Å². The molecule has 0 amide bonds. The lowest BCUT2D eigenvalue weighted by Crippen LogP contribution is -2.41. The Hall–Kier alpha value is -0.580. The summed E-state index contributed by atoms with van der Waals surface area (Å²) < 4.78 is 11.1. The summed E-state index contributed by atoms with van der Waals surface area (Å²) in [5, 5.41) is 19.5. The summed E-state index contributed by atoms with van der Waals surface area (Å²) in [5.74, 6) is -0.593. The van der Waals surface area contributed by atoms with E-state index in [2.05, 4.69) is 0 Å². The fraction of sp³-hybridized carbons (Fsp3) is 0.818. The molecule has 0 aromatic heterocycles. The van der Waals surface area contributed by atoms with Gasteiger partial charge in [-0.15, -0.1) is 0 Å². The first-order valence-electron chi connectivity index (χ1n) is 5.36. The topological polar surface area (TPSA) is 58.9 Å². The molecule has 1 aliphatic carbocycles. The fourth-order valence-electron chi connectivity index (χ4n) is 2.18. The maximum Gasteiger partial charge on any atom is 0.172 e. The lowest BCUT2D eigenvalue weighted by molar-refractivity contribution is -0.176. The predicted octanol–water partition coefficient (Wildman–Crippen LogP) is 1.35. The maximum atomic E-state index is 9.79. The molecule has 0 aromatic carbocycles. The van der Waals surface area contributed by atoms with Crippen LogP contribution in [0.5, 0.6) is 0 Å². The maximum absolute atomic E-state index is 9.79. The molecule has 2 atom stereocenters. The Morgan fingerprint density at radius 2 is 1.93 bits per heavy atom. The Morgan fingerprint density at radius 1 is 1.33 bits per heavy atom. The molecule has 1 saturated heterocycles. The first-order chi connectivity index (χ1) is 6.94. The molecule has 0 aromatic rings. The highest BCUT2D eigenvalue weighted by molar-refractivity contribution is 5.14. The number of aliphatic hydroxyl groups excluding tert-OH is 1. The van der Waals surface area contributed by atoms with Crippen LogP contribution in [0.25, 0.3) is 0 Å². The summed E-state index contributed by atoms with van der Waals surface area (Å²) in [6.45, 7) is 4.69. The van der Waals surface area contributed by atoms with Crippen molar-refractivity contribution in [2.75, 3.05) is 13.2 Å². The Morgan fingerprint density at radius 3 is 2.47 bits per heavy atom. The molecular formula is C11H18O4. The predicted molar refractivity (Wildman–Crippen MR) is 54.4 cm³/mol. The molecule has 1 heterocycles. The van der Waals surface area contributed by atoms with Gasteiger partial charge in [0.25, 0.3) is 0 Å². The number of rotatable bonds is 1. The SMILES string of the molecule is CC1(O)CCC(C2(C)OCCO2)C=C1O. The van der Waals surface area contributed by atoms with Gasteiger partial charge in [-0.25, -0.2) is 0 Å². The van der Waals surface area contributed by atoms with Gasteiger partial charge in [0.1, 0.15) is 11.4 Å². The van der Waals surface area contributed by atoms with Gasteiger partial charge in [0, 0.05) is 5.92 Å². The highest BCUT2D eigenvalue weighted by Crippen LogP contribution is 2.39. The van der Waals surface area contributed by atoms with E-state index >= 15 is 0 Å². The zero-order valence-electron chi connectivity index (χ0n) is 9.19. The Balaban J connectivity index is 2.16. The molecule has 4 nitrogen and oxygen atoms in total. The van der Waals surface area contributed by atoms with Crippen LogP contribution in [-0.2, 0) is 9.47 Å². The second kappa shape index (κ2) is 3.47. The largest absolute Gasteiger partial charge is 0.510 e. The van der Waals surface area contributed by atoms with Crippen molar-refractivity contribution in [1.82, 2.24) is 0 Å². The van der Waals surface area contributed by atoms with Crippen molar-refractivity contribution >= 4 is 0 Å². The number of ether oxygens (including phenoxy) is 2. The van der Waals surface area contributed by atoms with E-state index in [-0.39, 0.29) is 11.7 Å². The van der Waals surface area contributed by atoms with Crippen molar-refractivity contribution in [3.05, 3.63) is 11.8 Å². The molecule has 1 fully saturated rings. The van der Waals surface area contributed by atoms with E-state index in [0.717, 1.165) is 6.42 Å². The summed E-state index contributed by atoms with van der Waals surface area (Å²) in [7, 11) is 0. The van der Waals surface area contributed by atoms with Gasteiger partial charge in [-0.05, 0) is 32.8 Å². The molecule has 0 spiro atoms. The second-order valence-electron chi connectivity index (χ2n) is 4.68. The van der Waals surface area contributed by atoms with Crippen LogP contribution in [0.3, 0.4) is 0 Å². The van der Waals surface area contributed by atoms with Crippen molar-refractivity contribution < 1.29 is 19.7 Å². The van der Waals surface area contributed by atoms with E-state index in [1.54, 1.807) is 13.0 Å². The van der Waals surface area contributed by atoms with Crippen molar-refractivity contribution in [2.24, 2.45) is 5.92 Å². The first-order valence-corrected chi connectivity index (χ1v) is 5.36. The van der Waals surface area contributed by atoms with E-state index in [1.165, 1.54) is 0 Å². The molecule has 2 unspecified atom stereocenters. The zero-order chi connectivity index (χ0) is 11.1. The first kappa shape index (κ1) is 10.9. The van der Waals surface area contributed by atoms with Gasteiger partial charge < -0.3 is 19.7 Å². The van der Waals surface area contributed by atoms with Crippen LogP contribution in [0.4, 0.5) is 0 Å². The average molecular weight is 214 g/mol. The molecule has 1 aliphatic heterocycles. The van der Waals surface area contributed by atoms with Gasteiger partial charge in [0.2, 0.25) is 0 Å². The van der Waals surface area contributed by atoms with Crippen molar-refractivity contribution in [1.29, 1.82) is 0 Å². The van der Waals surface area contributed by atoms with Crippen LogP contribution in [-0.4, -0.2) is 34.8 Å². The minimum atomic E-state index is -1.09. The average Bonchev–Trinajstić information content (AvgIpc) is 2.58. The van der Waals surface area contributed by atoms with Crippen molar-refractivity contribution in [2.45, 2.75) is 38.1 Å². The smallest absolute Gasteiger partial charge is 0.172 e. The van der Waals surface area contributed by atoms with Gasteiger partial charge in [-0.2, -0.15) is 0 Å². The van der Waals surface area contributed by atoms with Crippen molar-refractivity contribution in [3.63, 3.8) is 0 Å². The second-order valence-corrected chi connectivity index (χ2v) is 4.68. The van der Waals surface area contributed by atoms with Crippen LogP contribution >= 0.6 is 0 Å². The van der Waals surface area contributed by atoms with Gasteiger partial charge in [-0.1, -0.05) is 0 Å². The normalized spacial score (nSPS) is 40.2. The molecule has 0 bridgehead atoms. The lowest BCUT2D eigenvalue weighted by Gasteiger charge is -2.37. The Labute approximate surface area is 89.5 Å². The molecule has 15 heavy (non-hydrogen) atoms. The summed E-state index contributed by atoms with van der Waals surface area (Å²) in [6, 6.07) is 0. The quantitative estimate of drug-likeness (QED) is 0.691. The van der Waals surface area contributed by atoms with Crippen LogP contribution in [0.15, 0.2) is 11.8 Å². The molecule has 2 N–H and O–H groups in total. The number of aliphatic hydroxyl groups is 2. The molecule has 4 heteroatoms. The standard InChI is InChI=1S/C11H18O4/c1-10(13)4-3-8(7-9(10)12)11(2)14-5-6-15-11/h7-8,12-13H,3-6H2,1-2H3. The molecular weight excluding hydrogens is 196 g/mol. The van der Waals surface area contributed by atoms with Crippen LogP contribution in [0.2, 0.25) is 0 Å². The van der Waals surface area contributed by atoms with E-state index in [4.69, 9.17) is 9.47 Å². The van der Waals surface area contributed by atoms with Gasteiger partial charge >= 0.3 is 0 Å². The molecule has 86 valence electrons. The third kappa shape index (κ3) is 1.89. The molecule has 0 radical (unpaired) electrons. The minimum absolute atomic E-state index is 0.0141. The Bertz CT molecular complexity index is 276. The fourth-order valence-corrected chi connectivity index (χ4v) is 2.18. The van der Waals surface area contributed by atoms with Gasteiger partial charge in [0.05, 0.1) is 13.2 Å². The van der Waals surface area contributed by atoms with E-state index in [1.807, 2.05) is 6.92 Å². The molecule has 2 aliphatic rings.